The van der Waals surface area contributed by atoms with Gasteiger partial charge in [0.15, 0.2) is 5.76 Å². The summed E-state index contributed by atoms with van der Waals surface area (Å²) < 4.78 is 20.7. The van der Waals surface area contributed by atoms with Gasteiger partial charge in [0.2, 0.25) is 0 Å². The fourth-order valence-electron chi connectivity index (χ4n) is 4.45. The van der Waals surface area contributed by atoms with E-state index in [4.69, 9.17) is 4.42 Å². The number of carbonyl (C=O) groups is 1. The molecule has 5 nitrogen and oxygen atoms in total. The molecule has 0 radical (unpaired) electrons. The van der Waals surface area contributed by atoms with Crippen LogP contribution < -0.4 is 10.2 Å². The van der Waals surface area contributed by atoms with Gasteiger partial charge in [0.25, 0.3) is 5.91 Å². The zero-order valence-corrected chi connectivity index (χ0v) is 17.9. The first-order valence-corrected chi connectivity index (χ1v) is 10.9. The van der Waals surface area contributed by atoms with E-state index in [0.29, 0.717) is 42.8 Å². The standard InChI is InChI=1S/C26H25FN2O3/c1-16-20-8-7-18-4-2-3-5-21(18)25(20)32-24(16)26(31)28-15-17-6-9-23(22(27)14-17)29-12-10-19(30)11-13-29/h2-9,14,19,30H,10-13,15H2,1H3,(H,28,31). The van der Waals surface area contributed by atoms with E-state index in [1.54, 1.807) is 6.07 Å². The van der Waals surface area contributed by atoms with Gasteiger partial charge in [-0.15, -0.1) is 0 Å². The molecule has 1 saturated heterocycles. The van der Waals surface area contributed by atoms with Gasteiger partial charge >= 0.3 is 0 Å². The molecule has 32 heavy (non-hydrogen) atoms. The van der Waals surface area contributed by atoms with Crippen molar-refractivity contribution in [3.05, 3.63) is 77.3 Å². The Balaban J connectivity index is 1.32. The van der Waals surface area contributed by atoms with Gasteiger partial charge in [0.05, 0.1) is 11.8 Å². The van der Waals surface area contributed by atoms with Gasteiger partial charge in [-0.1, -0.05) is 42.5 Å². The highest BCUT2D eigenvalue weighted by molar-refractivity contribution is 6.08. The lowest BCUT2D eigenvalue weighted by molar-refractivity contribution is 0.0924. The summed E-state index contributed by atoms with van der Waals surface area (Å²) in [6.07, 6.45) is 0.982. The number of benzene rings is 3. The van der Waals surface area contributed by atoms with Crippen molar-refractivity contribution < 1.29 is 18.7 Å². The van der Waals surface area contributed by atoms with Gasteiger partial charge in [-0.3, -0.25) is 4.79 Å². The van der Waals surface area contributed by atoms with E-state index < -0.39 is 0 Å². The van der Waals surface area contributed by atoms with Crippen LogP contribution in [0.2, 0.25) is 0 Å². The van der Waals surface area contributed by atoms with Crippen LogP contribution in [-0.4, -0.2) is 30.2 Å². The average Bonchev–Trinajstić information content (AvgIpc) is 3.15. The molecule has 1 aliphatic rings. The van der Waals surface area contributed by atoms with Crippen LogP contribution in [0, 0.1) is 12.7 Å². The number of anilines is 1. The topological polar surface area (TPSA) is 65.7 Å². The normalized spacial score (nSPS) is 14.9. The molecule has 0 bridgehead atoms. The first-order valence-electron chi connectivity index (χ1n) is 10.9. The molecule has 6 heteroatoms. The molecule has 0 aliphatic carbocycles. The highest BCUT2D eigenvalue weighted by atomic mass is 19.1. The molecule has 0 saturated carbocycles. The summed E-state index contributed by atoms with van der Waals surface area (Å²) in [4.78, 5) is 14.8. The smallest absolute Gasteiger partial charge is 0.287 e. The maximum atomic E-state index is 14.7. The summed E-state index contributed by atoms with van der Waals surface area (Å²) in [5.41, 5.74) is 2.70. The number of hydrogen-bond acceptors (Lipinski definition) is 4. The second kappa shape index (κ2) is 8.28. The van der Waals surface area contributed by atoms with E-state index in [1.165, 1.54) is 6.07 Å². The second-order valence-corrected chi connectivity index (χ2v) is 8.41. The summed E-state index contributed by atoms with van der Waals surface area (Å²) in [5.74, 6) is -0.364. The summed E-state index contributed by atoms with van der Waals surface area (Å²) in [5, 5.41) is 15.4. The third kappa shape index (κ3) is 3.71. The summed E-state index contributed by atoms with van der Waals surface area (Å²) >= 11 is 0. The van der Waals surface area contributed by atoms with Gasteiger partial charge in [0.1, 0.15) is 11.4 Å². The minimum atomic E-state index is -0.322. The number of furan rings is 1. The summed E-state index contributed by atoms with van der Waals surface area (Å²) in [6.45, 7) is 3.34. The van der Waals surface area contributed by atoms with Crippen molar-refractivity contribution in [1.82, 2.24) is 5.32 Å². The van der Waals surface area contributed by atoms with Crippen molar-refractivity contribution >= 4 is 33.3 Å². The number of nitrogens with one attached hydrogen (secondary N) is 1. The molecular weight excluding hydrogens is 407 g/mol. The van der Waals surface area contributed by atoms with E-state index >= 15 is 0 Å². The Morgan fingerprint density at radius 3 is 2.69 bits per heavy atom. The van der Waals surface area contributed by atoms with Crippen molar-refractivity contribution in [2.45, 2.75) is 32.4 Å². The monoisotopic (exact) mass is 432 g/mol. The van der Waals surface area contributed by atoms with E-state index in [0.717, 1.165) is 21.7 Å². The lowest BCUT2D eigenvalue weighted by Gasteiger charge is -2.31. The van der Waals surface area contributed by atoms with Crippen LogP contribution >= 0.6 is 0 Å². The van der Waals surface area contributed by atoms with Gasteiger partial charge < -0.3 is 19.7 Å². The van der Waals surface area contributed by atoms with Crippen molar-refractivity contribution in [2.75, 3.05) is 18.0 Å². The van der Waals surface area contributed by atoms with E-state index in [-0.39, 0.29) is 30.1 Å². The van der Waals surface area contributed by atoms with E-state index in [2.05, 4.69) is 5.32 Å². The number of hydrogen-bond donors (Lipinski definition) is 2. The lowest BCUT2D eigenvalue weighted by Crippen LogP contribution is -2.36. The number of nitrogens with zero attached hydrogens (tertiary/aromatic N) is 1. The van der Waals surface area contributed by atoms with Crippen LogP contribution in [0.15, 0.2) is 59.0 Å². The molecule has 164 valence electrons. The Morgan fingerprint density at radius 2 is 1.91 bits per heavy atom. The molecule has 2 heterocycles. The Bertz CT molecular complexity index is 1310. The third-order valence-corrected chi connectivity index (χ3v) is 6.30. The van der Waals surface area contributed by atoms with Crippen LogP contribution in [0.5, 0.6) is 0 Å². The molecule has 5 rings (SSSR count). The first-order chi connectivity index (χ1) is 15.5. The number of aliphatic hydroxyl groups excluding tert-OH is 1. The number of aryl methyl sites for hydroxylation is 1. The van der Waals surface area contributed by atoms with Crippen LogP contribution in [0.4, 0.5) is 10.1 Å². The summed E-state index contributed by atoms with van der Waals surface area (Å²) in [7, 11) is 0. The lowest BCUT2D eigenvalue weighted by atomic mass is 10.1. The SMILES string of the molecule is Cc1c(C(=O)NCc2ccc(N3CCC(O)CC3)c(F)c2)oc2c1ccc1ccccc12. The van der Waals surface area contributed by atoms with Gasteiger partial charge in [-0.25, -0.2) is 4.39 Å². The average molecular weight is 432 g/mol. The quantitative estimate of drug-likeness (QED) is 0.480. The Morgan fingerprint density at radius 1 is 1.12 bits per heavy atom. The predicted molar refractivity (Wildman–Crippen MR) is 123 cm³/mol. The Kier molecular flexibility index (Phi) is 5.31. The molecule has 0 unspecified atom stereocenters. The number of halogens is 1. The van der Waals surface area contributed by atoms with Crippen LogP contribution in [0.25, 0.3) is 21.7 Å². The van der Waals surface area contributed by atoms with Crippen molar-refractivity contribution in [3.8, 4) is 0 Å². The largest absolute Gasteiger partial charge is 0.450 e. The predicted octanol–water partition coefficient (Wildman–Crippen LogP) is 4.92. The molecule has 1 aromatic heterocycles. The minimum absolute atomic E-state index is 0.200. The van der Waals surface area contributed by atoms with Crippen LogP contribution in [-0.2, 0) is 6.54 Å². The van der Waals surface area contributed by atoms with Gasteiger partial charge in [-0.05, 0) is 42.8 Å². The van der Waals surface area contributed by atoms with E-state index in [9.17, 15) is 14.3 Å². The Hall–Kier alpha value is -3.38. The first kappa shape index (κ1) is 20.5. The fraction of sp³-hybridized carbons (Fsp3) is 0.269. The highest BCUT2D eigenvalue weighted by Crippen LogP contribution is 2.32. The van der Waals surface area contributed by atoms with Crippen LogP contribution in [0.1, 0.15) is 34.5 Å². The number of amides is 1. The second-order valence-electron chi connectivity index (χ2n) is 8.41. The van der Waals surface area contributed by atoms with Crippen molar-refractivity contribution in [2.24, 2.45) is 0 Å². The zero-order chi connectivity index (χ0) is 22.2. The molecule has 0 atom stereocenters. The number of piperidine rings is 1. The molecule has 2 N–H and O–H groups in total. The van der Waals surface area contributed by atoms with Gasteiger partial charge in [0, 0.05) is 36.0 Å². The molecule has 1 fully saturated rings. The molecule has 1 aliphatic heterocycles. The Labute approximate surface area is 185 Å². The zero-order valence-electron chi connectivity index (χ0n) is 17.9. The van der Waals surface area contributed by atoms with Gasteiger partial charge in [-0.2, -0.15) is 0 Å². The minimum Gasteiger partial charge on any atom is -0.450 e. The number of rotatable bonds is 4. The highest BCUT2D eigenvalue weighted by Gasteiger charge is 2.21. The fourth-order valence-corrected chi connectivity index (χ4v) is 4.45. The maximum Gasteiger partial charge on any atom is 0.287 e. The molecule has 4 aromatic rings. The summed E-state index contributed by atoms with van der Waals surface area (Å²) in [6, 6.07) is 16.9. The van der Waals surface area contributed by atoms with Crippen molar-refractivity contribution in [3.63, 3.8) is 0 Å². The number of carbonyl (C=O) groups excluding carboxylic acids is 1. The molecular formula is C26H25FN2O3. The number of aliphatic hydroxyl groups is 1. The number of fused-ring (bicyclic) bond motifs is 3. The van der Waals surface area contributed by atoms with E-state index in [1.807, 2.05) is 54.3 Å². The van der Waals surface area contributed by atoms with Crippen LogP contribution in [0.3, 0.4) is 0 Å². The third-order valence-electron chi connectivity index (χ3n) is 6.30. The van der Waals surface area contributed by atoms with Crippen molar-refractivity contribution in [1.29, 1.82) is 0 Å². The molecule has 3 aromatic carbocycles. The maximum absolute atomic E-state index is 14.7. The molecule has 1 amide bonds. The molecule has 0 spiro atoms.